The lowest BCUT2D eigenvalue weighted by Crippen LogP contribution is -2.46. The van der Waals surface area contributed by atoms with Crippen molar-refractivity contribution >= 4 is 17.2 Å². The van der Waals surface area contributed by atoms with Gasteiger partial charge in [-0.1, -0.05) is 12.1 Å². The number of Topliss-reactive ketones (excluding diaryl/α,β-unsaturated/α-hetero) is 1. The smallest absolute Gasteiger partial charge is 0.179 e. The Labute approximate surface area is 166 Å². The third kappa shape index (κ3) is 4.39. The first-order valence-electron chi connectivity index (χ1n) is 9.64. The highest BCUT2D eigenvalue weighted by atomic mass is 16.5. The first-order valence-corrected chi connectivity index (χ1v) is 9.64. The number of carbonyl (C=O) groups is 1. The highest BCUT2D eigenvalue weighted by Crippen LogP contribution is 2.29. The zero-order valence-electron chi connectivity index (χ0n) is 16.8. The number of ketones is 1. The van der Waals surface area contributed by atoms with Crippen LogP contribution in [0.2, 0.25) is 0 Å². The molecule has 1 heterocycles. The van der Waals surface area contributed by atoms with Crippen molar-refractivity contribution in [3.63, 3.8) is 0 Å². The number of nitrogens with one attached hydrogen (secondary N) is 1. The molecule has 0 spiro atoms. The van der Waals surface area contributed by atoms with E-state index in [1.54, 1.807) is 32.4 Å². The average Bonchev–Trinajstić information content (AvgIpc) is 2.74. The van der Waals surface area contributed by atoms with Crippen LogP contribution in [0, 0.1) is 0 Å². The lowest BCUT2D eigenvalue weighted by Gasteiger charge is -2.36. The van der Waals surface area contributed by atoms with Gasteiger partial charge < -0.3 is 20.5 Å². The fourth-order valence-electron chi connectivity index (χ4n) is 3.68. The number of likely N-dealkylation sites (tertiary alicyclic amines) is 1. The van der Waals surface area contributed by atoms with E-state index in [-0.39, 0.29) is 11.8 Å². The van der Waals surface area contributed by atoms with E-state index in [0.717, 1.165) is 37.3 Å². The summed E-state index contributed by atoms with van der Waals surface area (Å²) in [6.45, 7) is 3.71. The zero-order chi connectivity index (χ0) is 20.1. The van der Waals surface area contributed by atoms with E-state index in [1.165, 1.54) is 0 Å². The predicted octanol–water partition coefficient (Wildman–Crippen LogP) is 3.43. The normalized spacial score (nSPS) is 16.4. The van der Waals surface area contributed by atoms with Crippen molar-refractivity contribution < 1.29 is 14.3 Å². The molecular formula is C22H29N3O3. The summed E-state index contributed by atoms with van der Waals surface area (Å²) in [4.78, 5) is 15.2. The Hall–Kier alpha value is -2.73. The predicted molar refractivity (Wildman–Crippen MR) is 112 cm³/mol. The zero-order valence-corrected chi connectivity index (χ0v) is 16.8. The number of hydrogen-bond acceptors (Lipinski definition) is 6. The summed E-state index contributed by atoms with van der Waals surface area (Å²) in [5, 5.41) is 3.53. The van der Waals surface area contributed by atoms with Gasteiger partial charge in [0.25, 0.3) is 0 Å². The van der Waals surface area contributed by atoms with Gasteiger partial charge in [-0.15, -0.1) is 0 Å². The van der Waals surface area contributed by atoms with Crippen LogP contribution < -0.4 is 20.5 Å². The number of nitrogen functional groups attached to an aromatic ring is 1. The van der Waals surface area contributed by atoms with Crippen LogP contribution in [0.4, 0.5) is 11.4 Å². The van der Waals surface area contributed by atoms with Gasteiger partial charge in [0.05, 0.1) is 31.6 Å². The van der Waals surface area contributed by atoms with Crippen LogP contribution in [-0.2, 0) is 0 Å². The Balaban J connectivity index is 1.59. The quantitative estimate of drug-likeness (QED) is 0.563. The second-order valence-corrected chi connectivity index (χ2v) is 7.15. The van der Waals surface area contributed by atoms with Gasteiger partial charge in [0.2, 0.25) is 0 Å². The average molecular weight is 383 g/mol. The maximum atomic E-state index is 13.0. The van der Waals surface area contributed by atoms with E-state index in [0.29, 0.717) is 23.1 Å². The molecule has 3 rings (SSSR count). The van der Waals surface area contributed by atoms with Crippen LogP contribution in [0.25, 0.3) is 0 Å². The molecule has 0 aliphatic carbocycles. The third-order valence-electron chi connectivity index (χ3n) is 5.45. The number of methoxy groups -OCH3 is 2. The summed E-state index contributed by atoms with van der Waals surface area (Å²) >= 11 is 0. The highest BCUT2D eigenvalue weighted by Gasteiger charge is 2.27. The molecule has 1 atom stereocenters. The van der Waals surface area contributed by atoms with Crippen LogP contribution in [0.1, 0.15) is 30.1 Å². The molecule has 6 nitrogen and oxygen atoms in total. The van der Waals surface area contributed by atoms with Crippen molar-refractivity contribution in [3.8, 4) is 11.5 Å². The molecule has 1 saturated heterocycles. The van der Waals surface area contributed by atoms with E-state index >= 15 is 0 Å². The largest absolute Gasteiger partial charge is 0.493 e. The first-order chi connectivity index (χ1) is 13.5. The topological polar surface area (TPSA) is 76.8 Å². The Bertz CT molecular complexity index is 816. The van der Waals surface area contributed by atoms with E-state index in [4.69, 9.17) is 15.2 Å². The minimum atomic E-state index is -0.180. The van der Waals surface area contributed by atoms with Crippen molar-refractivity contribution in [3.05, 3.63) is 48.0 Å². The van der Waals surface area contributed by atoms with Gasteiger partial charge in [0, 0.05) is 24.7 Å². The second kappa shape index (κ2) is 8.97. The van der Waals surface area contributed by atoms with Crippen molar-refractivity contribution in [2.45, 2.75) is 31.8 Å². The molecular weight excluding hydrogens is 354 g/mol. The SMILES string of the molecule is COc1ccc(C(=O)C(C)N2CCC(Nc3ccccc3N)CC2)cc1OC. The Morgan fingerprint density at radius 2 is 1.79 bits per heavy atom. The van der Waals surface area contributed by atoms with Gasteiger partial charge in [-0.05, 0) is 50.1 Å². The van der Waals surface area contributed by atoms with Crippen molar-refractivity contribution in [1.29, 1.82) is 0 Å². The van der Waals surface area contributed by atoms with Crippen LogP contribution in [0.15, 0.2) is 42.5 Å². The maximum Gasteiger partial charge on any atom is 0.179 e. The number of hydrogen-bond donors (Lipinski definition) is 2. The van der Waals surface area contributed by atoms with Crippen LogP contribution >= 0.6 is 0 Å². The standard InChI is InChI=1S/C22H29N3O3/c1-15(22(26)16-8-9-20(27-2)21(14-16)28-3)25-12-10-17(11-13-25)24-19-7-5-4-6-18(19)23/h4-9,14-15,17,24H,10-13,23H2,1-3H3. The molecule has 0 amide bonds. The molecule has 0 bridgehead atoms. The van der Waals surface area contributed by atoms with Gasteiger partial charge in [0.15, 0.2) is 17.3 Å². The second-order valence-electron chi connectivity index (χ2n) is 7.15. The third-order valence-corrected chi connectivity index (χ3v) is 5.45. The molecule has 6 heteroatoms. The number of nitrogens with zero attached hydrogens (tertiary/aromatic N) is 1. The number of nitrogens with two attached hydrogens (primary N) is 1. The molecule has 0 aromatic heterocycles. The van der Waals surface area contributed by atoms with Crippen LogP contribution in [0.3, 0.4) is 0 Å². The van der Waals surface area contributed by atoms with Gasteiger partial charge in [-0.2, -0.15) is 0 Å². The first kappa shape index (κ1) is 20.0. The Morgan fingerprint density at radius 1 is 1.11 bits per heavy atom. The highest BCUT2D eigenvalue weighted by molar-refractivity contribution is 6.00. The number of carbonyl (C=O) groups excluding carboxylic acids is 1. The molecule has 28 heavy (non-hydrogen) atoms. The summed E-state index contributed by atoms with van der Waals surface area (Å²) < 4.78 is 10.6. The lowest BCUT2D eigenvalue weighted by molar-refractivity contribution is 0.0802. The summed E-state index contributed by atoms with van der Waals surface area (Å²) in [5.74, 6) is 1.29. The number of para-hydroxylation sites is 2. The molecule has 1 aliphatic rings. The maximum absolute atomic E-state index is 13.0. The summed E-state index contributed by atoms with van der Waals surface area (Å²) in [6, 6.07) is 13.3. The minimum Gasteiger partial charge on any atom is -0.493 e. The number of anilines is 2. The Morgan fingerprint density at radius 3 is 2.43 bits per heavy atom. The molecule has 2 aromatic rings. The monoisotopic (exact) mass is 383 g/mol. The fourth-order valence-corrected chi connectivity index (χ4v) is 3.68. The number of piperidine rings is 1. The summed E-state index contributed by atoms with van der Waals surface area (Å²) in [6.07, 6.45) is 1.94. The number of ether oxygens (including phenoxy) is 2. The van der Waals surface area contributed by atoms with Gasteiger partial charge in [-0.3, -0.25) is 9.69 Å². The van der Waals surface area contributed by atoms with Gasteiger partial charge in [0.1, 0.15) is 0 Å². The number of rotatable bonds is 7. The van der Waals surface area contributed by atoms with Gasteiger partial charge >= 0.3 is 0 Å². The molecule has 3 N–H and O–H groups in total. The summed E-state index contributed by atoms with van der Waals surface area (Å²) in [5.41, 5.74) is 8.41. The molecule has 1 unspecified atom stereocenters. The molecule has 0 saturated carbocycles. The van der Waals surface area contributed by atoms with Gasteiger partial charge in [-0.25, -0.2) is 0 Å². The Kier molecular flexibility index (Phi) is 6.41. The van der Waals surface area contributed by atoms with Crippen LogP contribution in [-0.4, -0.2) is 50.1 Å². The molecule has 1 fully saturated rings. The van der Waals surface area contributed by atoms with Crippen molar-refractivity contribution in [2.75, 3.05) is 38.4 Å². The minimum absolute atomic E-state index is 0.0969. The molecule has 150 valence electrons. The van der Waals surface area contributed by atoms with Crippen molar-refractivity contribution in [2.24, 2.45) is 0 Å². The van der Waals surface area contributed by atoms with Crippen molar-refractivity contribution in [1.82, 2.24) is 4.90 Å². The summed E-state index contributed by atoms with van der Waals surface area (Å²) in [7, 11) is 3.16. The lowest BCUT2D eigenvalue weighted by atomic mass is 9.98. The molecule has 0 radical (unpaired) electrons. The fraction of sp³-hybridized carbons (Fsp3) is 0.409. The van der Waals surface area contributed by atoms with E-state index in [9.17, 15) is 4.79 Å². The van der Waals surface area contributed by atoms with E-state index < -0.39 is 0 Å². The van der Waals surface area contributed by atoms with E-state index in [1.807, 2.05) is 31.2 Å². The number of benzene rings is 2. The van der Waals surface area contributed by atoms with Crippen LogP contribution in [0.5, 0.6) is 11.5 Å². The molecule has 2 aromatic carbocycles. The molecule has 1 aliphatic heterocycles. The van der Waals surface area contributed by atoms with E-state index in [2.05, 4.69) is 10.2 Å².